The van der Waals surface area contributed by atoms with Crippen LogP contribution in [-0.2, 0) is 11.8 Å². The van der Waals surface area contributed by atoms with E-state index in [1.807, 2.05) is 19.1 Å². The maximum Gasteiger partial charge on any atom is 0.328 e. The second-order valence-electron chi connectivity index (χ2n) is 4.76. The van der Waals surface area contributed by atoms with Gasteiger partial charge in [-0.2, -0.15) is 0 Å². The van der Waals surface area contributed by atoms with E-state index < -0.39 is 5.97 Å². The highest BCUT2D eigenvalue weighted by molar-refractivity contribution is 6.03. The molecule has 0 aliphatic rings. The zero-order valence-corrected chi connectivity index (χ0v) is 11.8. The van der Waals surface area contributed by atoms with Gasteiger partial charge in [0.05, 0.1) is 0 Å². The van der Waals surface area contributed by atoms with Crippen LogP contribution in [0.5, 0.6) is 0 Å². The largest absolute Gasteiger partial charge is 0.478 e. The molecule has 0 unspecified atom stereocenters. The molecule has 1 amide bonds. The van der Waals surface area contributed by atoms with Crippen molar-refractivity contribution in [2.45, 2.75) is 6.92 Å². The Bertz CT molecular complexity index is 714. The Hall–Kier alpha value is -2.82. The van der Waals surface area contributed by atoms with Gasteiger partial charge in [0.25, 0.3) is 5.91 Å². The number of hydrogen-bond donors (Lipinski definition) is 2. The Labute approximate surface area is 122 Å². The number of nitrogens with zero attached hydrogens (tertiary/aromatic N) is 1. The third-order valence-corrected chi connectivity index (χ3v) is 2.95. The molecule has 0 radical (unpaired) electrons. The van der Waals surface area contributed by atoms with Crippen molar-refractivity contribution in [2.24, 2.45) is 7.05 Å². The smallest absolute Gasteiger partial charge is 0.328 e. The van der Waals surface area contributed by atoms with Gasteiger partial charge in [0, 0.05) is 25.0 Å². The summed E-state index contributed by atoms with van der Waals surface area (Å²) in [5.74, 6) is -1.22. The van der Waals surface area contributed by atoms with Crippen LogP contribution in [0.15, 0.2) is 42.6 Å². The van der Waals surface area contributed by atoms with Crippen LogP contribution >= 0.6 is 0 Å². The zero-order valence-electron chi connectivity index (χ0n) is 11.8. The minimum absolute atomic E-state index is 0.207. The Morgan fingerprint density at radius 2 is 2.05 bits per heavy atom. The summed E-state index contributed by atoms with van der Waals surface area (Å²) in [7, 11) is 1.80. The number of benzene rings is 1. The molecule has 0 aliphatic heterocycles. The number of carboxylic acid groups (broad SMARTS) is 1. The van der Waals surface area contributed by atoms with Crippen LogP contribution in [0.4, 0.5) is 5.69 Å². The third kappa shape index (κ3) is 3.82. The number of amides is 1. The van der Waals surface area contributed by atoms with Crippen LogP contribution in [0.1, 0.15) is 21.6 Å². The molecule has 1 heterocycles. The van der Waals surface area contributed by atoms with Crippen molar-refractivity contribution in [3.63, 3.8) is 0 Å². The quantitative estimate of drug-likeness (QED) is 0.848. The molecule has 0 spiro atoms. The van der Waals surface area contributed by atoms with E-state index in [2.05, 4.69) is 5.32 Å². The minimum atomic E-state index is -1.01. The minimum Gasteiger partial charge on any atom is -0.478 e. The van der Waals surface area contributed by atoms with Crippen molar-refractivity contribution in [3.05, 3.63) is 59.4 Å². The van der Waals surface area contributed by atoms with Crippen LogP contribution in [0.3, 0.4) is 0 Å². The lowest BCUT2D eigenvalue weighted by Crippen LogP contribution is -2.15. The summed E-state index contributed by atoms with van der Waals surface area (Å²) in [6.45, 7) is 1.89. The van der Waals surface area contributed by atoms with Crippen molar-refractivity contribution in [1.82, 2.24) is 4.57 Å². The molecular formula is C16H16N2O3. The Morgan fingerprint density at radius 3 is 2.67 bits per heavy atom. The van der Waals surface area contributed by atoms with E-state index in [4.69, 9.17) is 5.11 Å². The molecule has 0 saturated carbocycles. The van der Waals surface area contributed by atoms with Gasteiger partial charge in [-0.15, -0.1) is 0 Å². The number of aliphatic carboxylic acids is 1. The summed E-state index contributed by atoms with van der Waals surface area (Å²) in [6, 6.07) is 8.94. The SMILES string of the molecule is Cc1cc(/C=C/C(=O)O)cc(NC(=O)c2cccn2C)c1. The highest BCUT2D eigenvalue weighted by Crippen LogP contribution is 2.17. The van der Waals surface area contributed by atoms with E-state index in [0.717, 1.165) is 17.2 Å². The van der Waals surface area contributed by atoms with E-state index in [-0.39, 0.29) is 5.91 Å². The molecule has 108 valence electrons. The monoisotopic (exact) mass is 284 g/mol. The number of carbonyl (C=O) groups excluding carboxylic acids is 1. The summed E-state index contributed by atoms with van der Waals surface area (Å²) in [4.78, 5) is 22.7. The normalized spacial score (nSPS) is 10.8. The van der Waals surface area contributed by atoms with Crippen LogP contribution in [-0.4, -0.2) is 21.6 Å². The molecule has 0 fully saturated rings. The fraction of sp³-hybridized carbons (Fsp3) is 0.125. The predicted octanol–water partition coefficient (Wildman–Crippen LogP) is 2.68. The van der Waals surface area contributed by atoms with Crippen molar-refractivity contribution in [2.75, 3.05) is 5.32 Å². The molecule has 21 heavy (non-hydrogen) atoms. The van der Waals surface area contributed by atoms with Gasteiger partial charge in [-0.3, -0.25) is 4.79 Å². The second kappa shape index (κ2) is 6.09. The van der Waals surface area contributed by atoms with Gasteiger partial charge < -0.3 is 15.0 Å². The molecule has 0 saturated heterocycles. The lowest BCUT2D eigenvalue weighted by molar-refractivity contribution is -0.131. The van der Waals surface area contributed by atoms with Crippen molar-refractivity contribution >= 4 is 23.6 Å². The molecule has 2 rings (SSSR count). The molecule has 5 nitrogen and oxygen atoms in total. The molecular weight excluding hydrogens is 268 g/mol. The average molecular weight is 284 g/mol. The number of rotatable bonds is 4. The van der Waals surface area contributed by atoms with Gasteiger partial charge >= 0.3 is 5.97 Å². The third-order valence-electron chi connectivity index (χ3n) is 2.95. The van der Waals surface area contributed by atoms with Gasteiger partial charge in [-0.25, -0.2) is 4.79 Å². The molecule has 0 atom stereocenters. The number of aryl methyl sites for hydroxylation is 2. The Kier molecular flexibility index (Phi) is 4.23. The standard InChI is InChI=1S/C16H16N2O3/c1-11-8-12(5-6-15(19)20)10-13(9-11)17-16(21)14-4-3-7-18(14)2/h3-10H,1-2H3,(H,17,21)(H,19,20)/b6-5+. The highest BCUT2D eigenvalue weighted by atomic mass is 16.4. The number of carboxylic acids is 1. The first-order valence-corrected chi connectivity index (χ1v) is 6.41. The molecule has 5 heteroatoms. The highest BCUT2D eigenvalue weighted by Gasteiger charge is 2.09. The Balaban J connectivity index is 2.22. The van der Waals surface area contributed by atoms with Crippen LogP contribution in [0.25, 0.3) is 6.08 Å². The lowest BCUT2D eigenvalue weighted by atomic mass is 10.1. The molecule has 1 aromatic carbocycles. The second-order valence-corrected chi connectivity index (χ2v) is 4.76. The number of anilines is 1. The maximum absolute atomic E-state index is 12.1. The van der Waals surface area contributed by atoms with Crippen molar-refractivity contribution < 1.29 is 14.7 Å². The summed E-state index contributed by atoms with van der Waals surface area (Å²) in [5, 5.41) is 11.5. The van der Waals surface area contributed by atoms with Crippen LogP contribution < -0.4 is 5.32 Å². The van der Waals surface area contributed by atoms with Gasteiger partial charge in [-0.05, 0) is 48.4 Å². The fourth-order valence-corrected chi connectivity index (χ4v) is 2.04. The molecule has 1 aromatic heterocycles. The number of nitrogens with one attached hydrogen (secondary N) is 1. The maximum atomic E-state index is 12.1. The first-order chi connectivity index (χ1) is 9.95. The first-order valence-electron chi connectivity index (χ1n) is 6.41. The predicted molar refractivity (Wildman–Crippen MR) is 81.2 cm³/mol. The van der Waals surface area contributed by atoms with E-state index in [1.54, 1.807) is 36.0 Å². The fourth-order valence-electron chi connectivity index (χ4n) is 2.04. The van der Waals surface area contributed by atoms with E-state index in [9.17, 15) is 9.59 Å². The topological polar surface area (TPSA) is 71.3 Å². The number of aromatic nitrogens is 1. The summed E-state index contributed by atoms with van der Waals surface area (Å²) < 4.78 is 1.73. The van der Waals surface area contributed by atoms with Crippen molar-refractivity contribution in [1.29, 1.82) is 0 Å². The van der Waals surface area contributed by atoms with E-state index >= 15 is 0 Å². The van der Waals surface area contributed by atoms with Crippen LogP contribution in [0, 0.1) is 6.92 Å². The first kappa shape index (κ1) is 14.6. The van der Waals surface area contributed by atoms with Gasteiger partial charge in [0.15, 0.2) is 0 Å². The van der Waals surface area contributed by atoms with Crippen LogP contribution in [0.2, 0.25) is 0 Å². The summed E-state index contributed by atoms with van der Waals surface area (Å²) >= 11 is 0. The molecule has 2 N–H and O–H groups in total. The average Bonchev–Trinajstić information content (AvgIpc) is 2.82. The van der Waals surface area contributed by atoms with Gasteiger partial charge in [-0.1, -0.05) is 6.07 Å². The zero-order chi connectivity index (χ0) is 15.4. The van der Waals surface area contributed by atoms with Crippen molar-refractivity contribution in [3.8, 4) is 0 Å². The van der Waals surface area contributed by atoms with E-state index in [0.29, 0.717) is 11.4 Å². The summed E-state index contributed by atoms with van der Waals surface area (Å²) in [6.07, 6.45) is 4.36. The molecule has 0 bridgehead atoms. The summed E-state index contributed by atoms with van der Waals surface area (Å²) in [5.41, 5.74) is 2.84. The van der Waals surface area contributed by atoms with Gasteiger partial charge in [0.1, 0.15) is 5.69 Å². The van der Waals surface area contributed by atoms with Gasteiger partial charge in [0.2, 0.25) is 0 Å². The molecule has 2 aromatic rings. The number of hydrogen-bond acceptors (Lipinski definition) is 2. The Morgan fingerprint density at radius 1 is 1.29 bits per heavy atom. The number of carbonyl (C=O) groups is 2. The molecule has 0 aliphatic carbocycles. The lowest BCUT2D eigenvalue weighted by Gasteiger charge is -2.08. The van der Waals surface area contributed by atoms with E-state index in [1.165, 1.54) is 6.08 Å².